The number of aldehydes is 1. The molecule has 166 valence electrons. The number of carbonyl (C=O) groups is 1. The fourth-order valence-electron chi connectivity index (χ4n) is 8.28. The summed E-state index contributed by atoms with van der Waals surface area (Å²) in [5.74, 6) is 3.38. The van der Waals surface area contributed by atoms with Crippen LogP contribution in [0.5, 0.6) is 0 Å². The summed E-state index contributed by atoms with van der Waals surface area (Å²) in [7, 11) is 1.95. The molecule has 4 aliphatic rings. The maximum atomic E-state index is 11.8. The number of rotatable bonds is 5. The lowest BCUT2D eigenvalue weighted by atomic mass is 9.47. The van der Waals surface area contributed by atoms with Crippen molar-refractivity contribution in [3.05, 3.63) is 11.6 Å². The Kier molecular flexibility index (Phi) is 6.11. The molecule has 4 heteroatoms. The van der Waals surface area contributed by atoms with Crippen LogP contribution in [0.3, 0.4) is 0 Å². The lowest BCUT2D eigenvalue weighted by molar-refractivity contribution is -0.116. The summed E-state index contributed by atoms with van der Waals surface area (Å²) < 4.78 is 6.43. The molecule has 0 aromatic heterocycles. The van der Waals surface area contributed by atoms with Crippen molar-refractivity contribution >= 4 is 24.7 Å². The van der Waals surface area contributed by atoms with Gasteiger partial charge in [-0.15, -0.1) is 9.93 Å². The van der Waals surface area contributed by atoms with E-state index < -0.39 is 9.93 Å². The SMILES string of the molecule is CCC(C=O)C1CCC2C3CC=C4CC(OS(C)(C)P)CCC4(C)C3CCC12C. The van der Waals surface area contributed by atoms with E-state index in [0.717, 1.165) is 30.6 Å². The zero-order valence-corrected chi connectivity index (χ0v) is 21.3. The monoisotopic (exact) mass is 438 g/mol. The standard InChI is InChI=1S/C25H43O2PS/c1-6-17(16-26)21-9-10-22-20-8-7-18-15-19(27-29(4,5)28)11-13-24(18,2)23(20)12-14-25(21,22)3/h7,16-17,19-23H,6,8-15,28H2,1-5H3. The molecule has 4 aliphatic carbocycles. The van der Waals surface area contributed by atoms with Crippen LogP contribution in [0.1, 0.15) is 78.6 Å². The summed E-state index contributed by atoms with van der Waals surface area (Å²) in [4.78, 5) is 11.8. The highest BCUT2D eigenvalue weighted by Gasteiger charge is 2.59. The Morgan fingerprint density at radius 1 is 1.21 bits per heavy atom. The Morgan fingerprint density at radius 2 is 1.97 bits per heavy atom. The van der Waals surface area contributed by atoms with Gasteiger partial charge in [-0.3, -0.25) is 0 Å². The number of fused-ring (bicyclic) bond motifs is 5. The molecule has 0 aromatic rings. The van der Waals surface area contributed by atoms with Gasteiger partial charge >= 0.3 is 0 Å². The highest BCUT2D eigenvalue weighted by atomic mass is 32.8. The number of hydrogen-bond donors (Lipinski definition) is 0. The number of allylic oxidation sites excluding steroid dienone is 1. The second-order valence-corrected chi connectivity index (χ2v) is 17.7. The Bertz CT molecular complexity index is 670. The van der Waals surface area contributed by atoms with Gasteiger partial charge in [0.1, 0.15) is 6.29 Å². The maximum absolute atomic E-state index is 11.8. The maximum Gasteiger partial charge on any atom is 0.123 e. The molecule has 0 N–H and O–H groups in total. The Labute approximate surface area is 182 Å². The minimum atomic E-state index is -0.983. The lowest BCUT2D eigenvalue weighted by Gasteiger charge is -2.58. The predicted octanol–water partition coefficient (Wildman–Crippen LogP) is 6.95. The molecule has 2 nitrogen and oxygen atoms in total. The molecule has 0 saturated heterocycles. The first-order chi connectivity index (χ1) is 13.6. The van der Waals surface area contributed by atoms with Crippen molar-refractivity contribution in [2.45, 2.75) is 84.7 Å². The summed E-state index contributed by atoms with van der Waals surface area (Å²) in [5.41, 5.74) is 2.48. The van der Waals surface area contributed by atoms with Crippen LogP contribution >= 0.6 is 18.4 Å². The third-order valence-corrected chi connectivity index (χ3v) is 10.8. The molecule has 9 atom stereocenters. The van der Waals surface area contributed by atoms with E-state index in [9.17, 15) is 4.79 Å². The van der Waals surface area contributed by atoms with Gasteiger partial charge in [-0.1, -0.05) is 40.9 Å². The molecule has 0 amide bonds. The Balaban J connectivity index is 1.55. The van der Waals surface area contributed by atoms with Crippen molar-refractivity contribution in [3.8, 4) is 0 Å². The second kappa shape index (κ2) is 7.93. The van der Waals surface area contributed by atoms with Crippen LogP contribution in [0, 0.1) is 40.4 Å². The van der Waals surface area contributed by atoms with E-state index in [0.29, 0.717) is 22.9 Å². The molecule has 9 unspecified atom stereocenters. The molecule has 0 spiro atoms. The molecule has 0 heterocycles. The molecule has 3 fully saturated rings. The van der Waals surface area contributed by atoms with Crippen LogP contribution < -0.4 is 0 Å². The van der Waals surface area contributed by atoms with Gasteiger partial charge < -0.3 is 8.98 Å². The van der Waals surface area contributed by atoms with E-state index in [2.05, 4.69) is 47.8 Å². The Hall–Kier alpha value is 0.150. The van der Waals surface area contributed by atoms with E-state index >= 15 is 0 Å². The molecule has 4 rings (SSSR count). The fourth-order valence-corrected chi connectivity index (χ4v) is 9.62. The molecule has 0 aromatic carbocycles. The van der Waals surface area contributed by atoms with Crippen molar-refractivity contribution < 1.29 is 8.98 Å². The number of hydrogen-bond acceptors (Lipinski definition) is 2. The van der Waals surface area contributed by atoms with Gasteiger partial charge in [0.15, 0.2) is 0 Å². The first kappa shape index (κ1) is 22.3. The minimum Gasteiger partial charge on any atom is -0.330 e. The summed E-state index contributed by atoms with van der Waals surface area (Å²) in [6.45, 7) is 7.34. The topological polar surface area (TPSA) is 26.3 Å². The van der Waals surface area contributed by atoms with Crippen LogP contribution in [0.15, 0.2) is 11.6 Å². The van der Waals surface area contributed by atoms with Crippen molar-refractivity contribution in [2.75, 3.05) is 12.5 Å². The summed E-state index contributed by atoms with van der Waals surface area (Å²) >= 11 is 0. The van der Waals surface area contributed by atoms with Gasteiger partial charge in [-0.25, -0.2) is 0 Å². The van der Waals surface area contributed by atoms with E-state index in [-0.39, 0.29) is 5.92 Å². The van der Waals surface area contributed by atoms with Crippen LogP contribution in [0.4, 0.5) is 0 Å². The molecular weight excluding hydrogens is 395 g/mol. The molecule has 3 saturated carbocycles. The fraction of sp³-hybridized carbons (Fsp3) is 0.880. The van der Waals surface area contributed by atoms with Crippen LogP contribution in [0.2, 0.25) is 0 Å². The first-order valence-electron chi connectivity index (χ1n) is 12.0. The zero-order valence-electron chi connectivity index (χ0n) is 19.3. The average Bonchev–Trinajstić information content (AvgIpc) is 2.99. The largest absolute Gasteiger partial charge is 0.330 e. The molecular formula is C25H43O2PS. The van der Waals surface area contributed by atoms with E-state index in [1.807, 2.05) is 0 Å². The van der Waals surface area contributed by atoms with Gasteiger partial charge in [-0.2, -0.15) is 0 Å². The zero-order chi connectivity index (χ0) is 21.0. The van der Waals surface area contributed by atoms with Crippen molar-refractivity contribution in [2.24, 2.45) is 40.4 Å². The summed E-state index contributed by atoms with van der Waals surface area (Å²) in [6, 6.07) is 0. The Morgan fingerprint density at radius 3 is 2.62 bits per heavy atom. The van der Waals surface area contributed by atoms with Crippen molar-refractivity contribution in [1.82, 2.24) is 0 Å². The third-order valence-electron chi connectivity index (χ3n) is 9.68. The van der Waals surface area contributed by atoms with Crippen molar-refractivity contribution in [3.63, 3.8) is 0 Å². The summed E-state index contributed by atoms with van der Waals surface area (Å²) in [6.07, 6.45) is 20.1. The van der Waals surface area contributed by atoms with Crippen LogP contribution in [0.25, 0.3) is 0 Å². The van der Waals surface area contributed by atoms with Gasteiger partial charge in [0, 0.05) is 5.92 Å². The quantitative estimate of drug-likeness (QED) is 0.264. The number of carbonyl (C=O) groups excluding carboxylic acids is 1. The molecule has 0 bridgehead atoms. The summed E-state index contributed by atoms with van der Waals surface area (Å²) in [5, 5.41) is 0. The normalized spacial score (nSPS) is 46.1. The average molecular weight is 439 g/mol. The van der Waals surface area contributed by atoms with E-state index in [1.165, 1.54) is 51.2 Å². The van der Waals surface area contributed by atoms with Gasteiger partial charge in [0.05, 0.1) is 6.10 Å². The minimum absolute atomic E-state index is 0.275. The lowest BCUT2D eigenvalue weighted by Crippen LogP contribution is -2.51. The van der Waals surface area contributed by atoms with E-state index in [1.54, 1.807) is 5.57 Å². The predicted molar refractivity (Wildman–Crippen MR) is 129 cm³/mol. The highest BCUT2D eigenvalue weighted by molar-refractivity contribution is 8.65. The molecule has 0 aliphatic heterocycles. The van der Waals surface area contributed by atoms with Gasteiger partial charge in [0.25, 0.3) is 0 Å². The second-order valence-electron chi connectivity index (χ2n) is 11.5. The van der Waals surface area contributed by atoms with E-state index in [4.69, 9.17) is 4.18 Å². The first-order valence-corrected chi connectivity index (χ1v) is 15.8. The molecule has 29 heavy (non-hydrogen) atoms. The van der Waals surface area contributed by atoms with Gasteiger partial charge in [0.2, 0.25) is 0 Å². The third kappa shape index (κ3) is 3.80. The van der Waals surface area contributed by atoms with Crippen molar-refractivity contribution in [1.29, 1.82) is 0 Å². The molecule has 0 radical (unpaired) electrons. The van der Waals surface area contributed by atoms with Gasteiger partial charge in [-0.05, 0) is 105 Å². The van der Waals surface area contributed by atoms with Crippen LogP contribution in [-0.2, 0) is 8.98 Å². The smallest absolute Gasteiger partial charge is 0.123 e. The van der Waals surface area contributed by atoms with Crippen LogP contribution in [-0.4, -0.2) is 24.9 Å². The highest BCUT2D eigenvalue weighted by Crippen LogP contribution is 2.67.